The van der Waals surface area contributed by atoms with Gasteiger partial charge >= 0.3 is 0 Å². The summed E-state index contributed by atoms with van der Waals surface area (Å²) in [6.45, 7) is 4.52. The van der Waals surface area contributed by atoms with Crippen molar-refractivity contribution in [3.63, 3.8) is 0 Å². The van der Waals surface area contributed by atoms with Gasteiger partial charge in [-0.1, -0.05) is 12.1 Å². The lowest BCUT2D eigenvalue weighted by Crippen LogP contribution is -2.44. The number of anilines is 1. The topological polar surface area (TPSA) is 38.5 Å². The molecule has 3 nitrogen and oxygen atoms in total. The van der Waals surface area contributed by atoms with Crippen LogP contribution in [0.5, 0.6) is 0 Å². The lowest BCUT2D eigenvalue weighted by molar-refractivity contribution is 0.180. The van der Waals surface area contributed by atoms with Gasteiger partial charge in [0.05, 0.1) is 6.61 Å². The van der Waals surface area contributed by atoms with Crippen molar-refractivity contribution < 1.29 is 4.74 Å². The summed E-state index contributed by atoms with van der Waals surface area (Å²) in [5.74, 6) is 0.561. The summed E-state index contributed by atoms with van der Waals surface area (Å²) < 4.78 is 5.47. The van der Waals surface area contributed by atoms with E-state index in [0.717, 1.165) is 19.6 Å². The van der Waals surface area contributed by atoms with E-state index in [9.17, 15) is 0 Å². The van der Waals surface area contributed by atoms with Gasteiger partial charge in [-0.3, -0.25) is 0 Å². The van der Waals surface area contributed by atoms with Gasteiger partial charge < -0.3 is 15.4 Å². The van der Waals surface area contributed by atoms with Crippen LogP contribution in [-0.4, -0.2) is 32.8 Å². The van der Waals surface area contributed by atoms with Gasteiger partial charge in [-0.2, -0.15) is 0 Å². The first-order valence-electron chi connectivity index (χ1n) is 6.29. The lowest BCUT2D eigenvalue weighted by atomic mass is 9.97. The van der Waals surface area contributed by atoms with Crippen LogP contribution in [0.15, 0.2) is 24.3 Å². The Labute approximate surface area is 104 Å². The number of rotatable bonds is 4. The van der Waals surface area contributed by atoms with Crippen LogP contribution in [0.1, 0.15) is 12.0 Å². The molecule has 0 amide bonds. The Morgan fingerprint density at radius 2 is 2.35 bits per heavy atom. The maximum atomic E-state index is 5.93. The van der Waals surface area contributed by atoms with Crippen LogP contribution in [0.3, 0.4) is 0 Å². The molecule has 0 spiro atoms. The highest BCUT2D eigenvalue weighted by atomic mass is 16.5. The summed E-state index contributed by atoms with van der Waals surface area (Å²) in [6.07, 6.45) is 1.12. The van der Waals surface area contributed by atoms with Crippen LogP contribution in [0.25, 0.3) is 0 Å². The third kappa shape index (κ3) is 2.79. The number of nitrogens with two attached hydrogens (primary N) is 1. The van der Waals surface area contributed by atoms with Crippen molar-refractivity contribution in [2.75, 3.05) is 31.7 Å². The molecule has 1 aliphatic heterocycles. The number of benzene rings is 1. The minimum absolute atomic E-state index is 0.374. The molecule has 1 aromatic carbocycles. The van der Waals surface area contributed by atoms with E-state index in [1.807, 2.05) is 0 Å². The number of aryl methyl sites for hydroxylation is 1. The molecular weight excluding hydrogens is 212 g/mol. The SMILES string of the molecule is Cc1cccc(N(C)C(CN)C2CCOC2)c1. The van der Waals surface area contributed by atoms with Crippen molar-refractivity contribution in [1.82, 2.24) is 0 Å². The zero-order valence-corrected chi connectivity index (χ0v) is 10.7. The fraction of sp³-hybridized carbons (Fsp3) is 0.571. The van der Waals surface area contributed by atoms with Gasteiger partial charge in [0.1, 0.15) is 0 Å². The fourth-order valence-electron chi connectivity index (χ4n) is 2.56. The Morgan fingerprint density at radius 3 is 2.94 bits per heavy atom. The predicted octanol–water partition coefficient (Wildman–Crippen LogP) is 1.80. The second kappa shape index (κ2) is 5.52. The molecule has 1 saturated heterocycles. The normalized spacial score (nSPS) is 21.5. The Kier molecular flexibility index (Phi) is 4.02. The van der Waals surface area contributed by atoms with E-state index in [2.05, 4.69) is 43.1 Å². The van der Waals surface area contributed by atoms with Crippen molar-refractivity contribution in [2.45, 2.75) is 19.4 Å². The van der Waals surface area contributed by atoms with Gasteiger partial charge in [0.15, 0.2) is 0 Å². The Balaban J connectivity index is 2.13. The van der Waals surface area contributed by atoms with Crippen LogP contribution in [0.2, 0.25) is 0 Å². The zero-order valence-electron chi connectivity index (χ0n) is 10.7. The van der Waals surface area contributed by atoms with Crippen molar-refractivity contribution in [1.29, 1.82) is 0 Å². The summed E-state index contributed by atoms with van der Waals surface area (Å²) in [5, 5.41) is 0. The molecule has 17 heavy (non-hydrogen) atoms. The minimum atomic E-state index is 0.374. The highest BCUT2D eigenvalue weighted by Crippen LogP contribution is 2.24. The van der Waals surface area contributed by atoms with Gasteiger partial charge in [-0.15, -0.1) is 0 Å². The molecule has 0 bridgehead atoms. The first-order valence-corrected chi connectivity index (χ1v) is 6.29. The van der Waals surface area contributed by atoms with E-state index in [-0.39, 0.29) is 0 Å². The highest BCUT2D eigenvalue weighted by molar-refractivity contribution is 5.48. The summed E-state index contributed by atoms with van der Waals surface area (Å²) in [7, 11) is 2.13. The van der Waals surface area contributed by atoms with E-state index in [1.54, 1.807) is 0 Å². The minimum Gasteiger partial charge on any atom is -0.381 e. The average molecular weight is 234 g/mol. The molecule has 0 saturated carbocycles. The molecule has 3 heteroatoms. The molecule has 1 aliphatic rings. The third-order valence-corrected chi connectivity index (χ3v) is 3.66. The molecule has 0 aliphatic carbocycles. The van der Waals surface area contributed by atoms with E-state index < -0.39 is 0 Å². The first-order chi connectivity index (χ1) is 8.22. The van der Waals surface area contributed by atoms with Crippen molar-refractivity contribution in [3.05, 3.63) is 29.8 Å². The van der Waals surface area contributed by atoms with Crippen molar-refractivity contribution in [3.8, 4) is 0 Å². The monoisotopic (exact) mass is 234 g/mol. The van der Waals surface area contributed by atoms with E-state index in [4.69, 9.17) is 10.5 Å². The van der Waals surface area contributed by atoms with Crippen LogP contribution < -0.4 is 10.6 Å². The van der Waals surface area contributed by atoms with E-state index in [0.29, 0.717) is 18.5 Å². The number of likely N-dealkylation sites (N-methyl/N-ethyl adjacent to an activating group) is 1. The first kappa shape index (κ1) is 12.4. The van der Waals surface area contributed by atoms with Crippen LogP contribution in [0.4, 0.5) is 5.69 Å². The Bertz CT molecular complexity index is 361. The molecule has 94 valence electrons. The molecule has 1 fully saturated rings. The van der Waals surface area contributed by atoms with Gasteiger partial charge in [0, 0.05) is 37.8 Å². The summed E-state index contributed by atoms with van der Waals surface area (Å²) in [5.41, 5.74) is 8.46. The maximum Gasteiger partial charge on any atom is 0.0515 e. The second-order valence-corrected chi connectivity index (χ2v) is 4.88. The summed E-state index contributed by atoms with van der Waals surface area (Å²) in [6, 6.07) is 8.94. The molecule has 2 N–H and O–H groups in total. The molecular formula is C14H22N2O. The summed E-state index contributed by atoms with van der Waals surface area (Å²) >= 11 is 0. The fourth-order valence-corrected chi connectivity index (χ4v) is 2.56. The van der Waals surface area contributed by atoms with Gasteiger partial charge in [-0.05, 0) is 31.0 Å². The quantitative estimate of drug-likeness (QED) is 0.863. The molecule has 0 radical (unpaired) electrons. The van der Waals surface area contributed by atoms with Crippen LogP contribution in [0, 0.1) is 12.8 Å². The zero-order chi connectivity index (χ0) is 12.3. The summed E-state index contributed by atoms with van der Waals surface area (Å²) in [4.78, 5) is 2.30. The number of nitrogens with zero attached hydrogens (tertiary/aromatic N) is 1. The van der Waals surface area contributed by atoms with Gasteiger partial charge in [0.2, 0.25) is 0 Å². The van der Waals surface area contributed by atoms with Crippen LogP contribution >= 0.6 is 0 Å². The average Bonchev–Trinajstić information content (AvgIpc) is 2.83. The highest BCUT2D eigenvalue weighted by Gasteiger charge is 2.27. The van der Waals surface area contributed by atoms with Crippen LogP contribution in [-0.2, 0) is 4.74 Å². The van der Waals surface area contributed by atoms with Crippen molar-refractivity contribution >= 4 is 5.69 Å². The lowest BCUT2D eigenvalue weighted by Gasteiger charge is -2.33. The van der Waals surface area contributed by atoms with Crippen molar-refractivity contribution in [2.24, 2.45) is 11.7 Å². The molecule has 1 aromatic rings. The second-order valence-electron chi connectivity index (χ2n) is 4.88. The van der Waals surface area contributed by atoms with Gasteiger partial charge in [0.25, 0.3) is 0 Å². The standard InChI is InChI=1S/C14H22N2O/c1-11-4-3-5-13(8-11)16(2)14(9-15)12-6-7-17-10-12/h3-5,8,12,14H,6-7,9-10,15H2,1-2H3. The van der Waals surface area contributed by atoms with E-state index in [1.165, 1.54) is 11.3 Å². The molecule has 0 aromatic heterocycles. The molecule has 2 unspecified atom stereocenters. The predicted molar refractivity (Wildman–Crippen MR) is 71.4 cm³/mol. The molecule has 2 atom stereocenters. The number of hydrogen-bond acceptors (Lipinski definition) is 3. The molecule has 1 heterocycles. The van der Waals surface area contributed by atoms with E-state index >= 15 is 0 Å². The number of hydrogen-bond donors (Lipinski definition) is 1. The number of ether oxygens (including phenoxy) is 1. The molecule has 2 rings (SSSR count). The smallest absolute Gasteiger partial charge is 0.0515 e. The largest absolute Gasteiger partial charge is 0.381 e. The maximum absolute atomic E-state index is 5.93. The van der Waals surface area contributed by atoms with Gasteiger partial charge in [-0.25, -0.2) is 0 Å². The Morgan fingerprint density at radius 1 is 1.53 bits per heavy atom. The third-order valence-electron chi connectivity index (χ3n) is 3.66. The Hall–Kier alpha value is -1.06.